The Kier molecular flexibility index (Phi) is 63.5. The molecule has 0 bridgehead atoms. The van der Waals surface area contributed by atoms with Crippen molar-refractivity contribution in [2.75, 3.05) is 217 Å². The summed E-state index contributed by atoms with van der Waals surface area (Å²) in [7, 11) is 1.31. The number of carbonyl (C=O) groups is 8. The van der Waals surface area contributed by atoms with Crippen LogP contribution in [0.2, 0.25) is 0 Å². The summed E-state index contributed by atoms with van der Waals surface area (Å²) in [6.07, 6.45) is -0.106. The molecule has 0 aliphatic heterocycles. The van der Waals surface area contributed by atoms with Crippen LogP contribution >= 0.6 is 0 Å². The van der Waals surface area contributed by atoms with Gasteiger partial charge in [-0.15, -0.1) is 0 Å². The van der Waals surface area contributed by atoms with Crippen molar-refractivity contribution < 1.29 is 157 Å². The first-order valence-electron chi connectivity index (χ1n) is 46.5. The molecule has 142 heavy (non-hydrogen) atoms. The van der Waals surface area contributed by atoms with Crippen molar-refractivity contribution in [3.8, 4) is 33.8 Å². The summed E-state index contributed by atoms with van der Waals surface area (Å²) in [5, 5.41) is 25.7. The molecule has 37 nitrogen and oxygen atoms in total. The number of esters is 1. The summed E-state index contributed by atoms with van der Waals surface area (Å²) in [5.41, 5.74) is 24.1. The number of unbranched alkanes of at least 4 members (excludes halogenated alkanes) is 1. The number of nitrogens with one attached hydrogen (secondary N) is 2. The number of nitrogens with zero attached hydrogens (tertiary/aromatic N) is 9. The average Bonchev–Trinajstić information content (AvgIpc) is 0.787. The zero-order chi connectivity index (χ0) is 101. The van der Waals surface area contributed by atoms with E-state index in [0.29, 0.717) is 210 Å². The van der Waals surface area contributed by atoms with Crippen molar-refractivity contribution in [1.82, 2.24) is 20.6 Å². The maximum atomic E-state index is 13.3. The first kappa shape index (κ1) is 123. The summed E-state index contributed by atoms with van der Waals surface area (Å²) in [5.74, 6) is -1.57. The molecule has 4 N–H and O–H groups in total. The second kappa shape index (κ2) is 73.5. The number of aldehydes is 1. The number of ketones is 2. The monoisotopic (exact) mass is 1980 g/mol. The summed E-state index contributed by atoms with van der Waals surface area (Å²) < 4.78 is 120. The normalized spacial score (nSPS) is 11.4. The van der Waals surface area contributed by atoms with Crippen LogP contribution in [0.1, 0.15) is 118 Å². The molecule has 2 aromatic heterocycles. The number of ether oxygens (including phenoxy) is 16. The third-order valence-corrected chi connectivity index (χ3v) is 20.4. The Morgan fingerprint density at radius 2 is 0.824 bits per heavy atom. The van der Waals surface area contributed by atoms with E-state index in [0.717, 1.165) is 96.1 Å². The van der Waals surface area contributed by atoms with Gasteiger partial charge in [0, 0.05) is 95.8 Å². The zero-order valence-corrected chi connectivity index (χ0v) is 82.1. The van der Waals surface area contributed by atoms with Gasteiger partial charge in [0.2, 0.25) is 18.1 Å². The van der Waals surface area contributed by atoms with Gasteiger partial charge < -0.3 is 97.0 Å². The van der Waals surface area contributed by atoms with E-state index in [2.05, 4.69) is 40.7 Å². The molecule has 0 radical (unpaired) electrons. The van der Waals surface area contributed by atoms with Crippen LogP contribution in [0.15, 0.2) is 168 Å². The van der Waals surface area contributed by atoms with Gasteiger partial charge in [0.15, 0.2) is 11.6 Å². The van der Waals surface area contributed by atoms with Crippen LogP contribution in [0, 0.1) is 13.8 Å². The first-order chi connectivity index (χ1) is 67.8. The Labute approximate surface area is 837 Å². The van der Waals surface area contributed by atoms with Crippen molar-refractivity contribution in [2.24, 2.45) is 10.2 Å². The second-order valence-electron chi connectivity index (χ2n) is 32.4. The van der Waals surface area contributed by atoms with Gasteiger partial charge in [0.25, 0.3) is 0 Å². The molecule has 0 saturated carbocycles. The van der Waals surface area contributed by atoms with Crippen LogP contribution in [-0.4, -0.2) is 292 Å². The summed E-state index contributed by atoms with van der Waals surface area (Å²) in [6, 6.07) is 46.8. The Hall–Kier alpha value is -11.6. The van der Waals surface area contributed by atoms with Crippen molar-refractivity contribution in [2.45, 2.75) is 122 Å². The van der Waals surface area contributed by atoms with E-state index in [-0.39, 0.29) is 99.5 Å². The third-order valence-electron chi connectivity index (χ3n) is 20.4. The van der Waals surface area contributed by atoms with Gasteiger partial charge in [-0.1, -0.05) is 119 Å². The van der Waals surface area contributed by atoms with Crippen molar-refractivity contribution in [3.05, 3.63) is 207 Å². The van der Waals surface area contributed by atoms with Crippen LogP contribution in [0.25, 0.3) is 64.7 Å². The SMILES string of the molecule is COC(=O)C[C@H](CC(=O)CNC(=O)CCCN(C(=O)OC(C)(C)C)c1cc(C)ccn1)c1ccc(-c2ccc(OCCOCCOCCOCCOCCOCCOCCN=[N+]=[N-])c3ccccc23)cc1.Cc1ccnc(CCCCC(=O)NCC(=O)C[C@@H](CC(=O)O)c2ccc(-c3ccc(OCCOCCOCCOCCOCCOCCOCCN=[N+]=[N-])c4ccccc34)cc2)c1.O=CC(F)(F)F.[Li+].[OH-]. The number of halogens is 3. The van der Waals surface area contributed by atoms with Crippen molar-refractivity contribution in [1.29, 1.82) is 0 Å². The predicted molar refractivity (Wildman–Crippen MR) is 520 cm³/mol. The minimum absolute atomic E-state index is 0. The molecule has 0 aliphatic rings. The minimum atomic E-state index is -4.64. The van der Waals surface area contributed by atoms with Crippen LogP contribution in [-0.2, 0) is 106 Å². The van der Waals surface area contributed by atoms with E-state index < -0.39 is 47.9 Å². The summed E-state index contributed by atoms with van der Waals surface area (Å²) in [6.45, 7) is 20.8. The number of alkyl halides is 3. The van der Waals surface area contributed by atoms with E-state index in [4.69, 9.17) is 91.6 Å². The fourth-order valence-corrected chi connectivity index (χ4v) is 13.7. The van der Waals surface area contributed by atoms with Crippen LogP contribution in [0.4, 0.5) is 23.8 Å². The first-order valence-corrected chi connectivity index (χ1v) is 46.5. The molecule has 6 aromatic carbocycles. The number of anilines is 1. The number of carboxylic acids is 1. The standard InChI is InChI=1S/C52H70N6O13.C47H61N5O11.C2HF3O.Li.H2O/c1-39-18-19-54-48(35-39)58(51(62)71-52(2,3)4)21-8-11-49(60)55-38-43(59)36-42(37-50(61)63-5)40-12-14-41(15-13-40)44-16-17-47(46-10-7-6-9-45(44)46)70-34-33-69-32-31-68-30-29-67-28-27-66-26-25-65-24-23-64-22-20-56-57-53;1-36-16-17-49-40(32-36)6-2-5-9-46(54)50-35-41(53)33-39(34-47(55)56)37-10-12-38(13-11-37)42-14-15-45(44-8-4-3-7-43(42)44)63-31-30-62-29-28-61-27-26-60-25-24-59-23-22-58-21-20-57-19-18-51-52-48;3-2(4,5)1-6;;/h6-7,9-10,12-19,35,42H,8,11,20-34,36-38H2,1-5H3,(H,55,60);3-4,7-8,10-17,32,39H,2,5-6,9,18-31,33-35H2,1H3,(H,50,54)(H,55,56);1H;;1H2/q;;;+1;/p-1/t42-;39-;;;/m00.../s1. The number of carboxylic acid groups (broad SMARTS) is 1. The predicted octanol–water partition coefficient (Wildman–Crippen LogP) is 12.6. The van der Waals surface area contributed by atoms with Gasteiger partial charge in [-0.25, -0.2) is 9.78 Å². The molecule has 0 spiro atoms. The molecule has 2 heterocycles. The van der Waals surface area contributed by atoms with Crippen LogP contribution < -0.4 is 43.9 Å². The number of rotatable bonds is 70. The van der Waals surface area contributed by atoms with Gasteiger partial charge in [-0.2, -0.15) is 13.2 Å². The van der Waals surface area contributed by atoms with E-state index in [1.54, 1.807) is 39.2 Å². The largest absolute Gasteiger partial charge is 1.00 e. The number of aryl methyl sites for hydroxylation is 3. The van der Waals surface area contributed by atoms with Crippen LogP contribution in [0.5, 0.6) is 11.5 Å². The average molecular weight is 1980 g/mol. The topological polar surface area (TPSA) is 485 Å². The molecule has 0 fully saturated rings. The zero-order valence-electron chi connectivity index (χ0n) is 82.1. The third kappa shape index (κ3) is 53.5. The molecular formula is C101H133F3LiN11O26. The molecule has 0 saturated heterocycles. The number of Topliss-reactive ketones (excluding diaryl/α,β-unsaturated/α-hetero) is 2. The number of carbonyl (C=O) groups excluding carboxylic acids is 7. The molecule has 41 heteroatoms. The number of aliphatic carboxylic acids is 1. The summed E-state index contributed by atoms with van der Waals surface area (Å²) in [4.78, 5) is 113. The number of methoxy groups -OCH3 is 1. The van der Waals surface area contributed by atoms with Gasteiger partial charge in [0.1, 0.15) is 36.1 Å². The fraction of sp³-hybridized carbons (Fsp3) is 0.505. The number of amides is 3. The second-order valence-corrected chi connectivity index (χ2v) is 32.4. The number of aromatic nitrogens is 2. The van der Waals surface area contributed by atoms with Gasteiger partial charge in [-0.3, -0.25) is 43.4 Å². The fourth-order valence-electron chi connectivity index (χ4n) is 13.7. The molecule has 0 aliphatic carbocycles. The number of fused-ring (bicyclic) bond motifs is 2. The Morgan fingerprint density at radius 1 is 0.465 bits per heavy atom. The number of pyridine rings is 2. The van der Waals surface area contributed by atoms with Crippen molar-refractivity contribution >= 4 is 75.1 Å². The molecule has 770 valence electrons. The minimum Gasteiger partial charge on any atom is -0.870 e. The smallest absolute Gasteiger partial charge is 0.870 e. The van der Waals surface area contributed by atoms with E-state index in [9.17, 15) is 51.8 Å². The Morgan fingerprint density at radius 3 is 1.18 bits per heavy atom. The number of hydrogen-bond donors (Lipinski definition) is 3. The molecule has 8 rings (SSSR count). The van der Waals surface area contributed by atoms with Gasteiger partial charge in [0.05, 0.1) is 192 Å². The van der Waals surface area contributed by atoms with E-state index in [1.807, 2.05) is 153 Å². The molecule has 8 aromatic rings. The van der Waals surface area contributed by atoms with E-state index in [1.165, 1.54) is 12.0 Å². The number of azide groups is 2. The number of hydrogen-bond acceptors (Lipinski definition) is 29. The summed E-state index contributed by atoms with van der Waals surface area (Å²) >= 11 is 0. The Bertz CT molecular complexity index is 5100. The number of benzene rings is 6. The molecule has 0 unspecified atom stereocenters. The molecule has 3 amide bonds. The van der Waals surface area contributed by atoms with E-state index >= 15 is 0 Å². The van der Waals surface area contributed by atoms with Crippen molar-refractivity contribution in [3.63, 3.8) is 0 Å². The molecule has 2 atom stereocenters. The van der Waals surface area contributed by atoms with Crippen LogP contribution in [0.3, 0.4) is 0 Å². The Balaban J connectivity index is 0.000000555. The quantitative estimate of drug-likeness (QED) is 0.00606. The maximum absolute atomic E-state index is 13.3. The molecular weight excluding hydrogens is 1850 g/mol. The maximum Gasteiger partial charge on any atom is 1.00 e. The van der Waals surface area contributed by atoms with Gasteiger partial charge in [-0.05, 0) is 163 Å². The van der Waals surface area contributed by atoms with Gasteiger partial charge >= 0.3 is 43.1 Å².